The third kappa shape index (κ3) is 3.39. The summed E-state index contributed by atoms with van der Waals surface area (Å²) in [6.45, 7) is 10.8. The lowest BCUT2D eigenvalue weighted by Gasteiger charge is -2.07. The minimum atomic E-state index is -0.0806. The Bertz CT molecular complexity index is 393. The van der Waals surface area contributed by atoms with Crippen LogP contribution in [-0.4, -0.2) is 10.9 Å². The molecule has 0 atom stereocenters. The summed E-state index contributed by atoms with van der Waals surface area (Å²) in [6, 6.07) is 3.37. The van der Waals surface area contributed by atoms with Gasteiger partial charge in [0, 0.05) is 6.42 Å². The van der Waals surface area contributed by atoms with E-state index in [0.717, 1.165) is 0 Å². The van der Waals surface area contributed by atoms with Gasteiger partial charge in [-0.2, -0.15) is 0 Å². The lowest BCUT2D eigenvalue weighted by molar-refractivity contribution is -0.116. The summed E-state index contributed by atoms with van der Waals surface area (Å²) in [5.74, 6) is 0.454. The summed E-state index contributed by atoms with van der Waals surface area (Å²) in [6.07, 6.45) is 1.98. The zero-order valence-electron chi connectivity index (χ0n) is 8.82. The van der Waals surface area contributed by atoms with Crippen LogP contribution in [0.3, 0.4) is 0 Å². The first-order valence-electron chi connectivity index (χ1n) is 4.75. The van der Waals surface area contributed by atoms with Crippen LogP contribution in [0, 0.1) is 12.5 Å². The molecule has 0 aliphatic carbocycles. The van der Waals surface area contributed by atoms with E-state index in [0.29, 0.717) is 18.0 Å². The summed E-state index contributed by atoms with van der Waals surface area (Å²) in [4.78, 5) is 18.5. The lowest BCUT2D eigenvalue weighted by atomic mass is 10.1. The number of carbonyl (C=O) groups is 1. The van der Waals surface area contributed by atoms with Gasteiger partial charge in [-0.15, -0.1) is 4.98 Å². The molecule has 0 spiro atoms. The molecule has 0 aromatic carbocycles. The molecule has 1 rings (SSSR count). The zero-order chi connectivity index (χ0) is 11.3. The first-order chi connectivity index (χ1) is 7.13. The molecular formula is C11H13N3O. The molecule has 1 aromatic heterocycles. The molecule has 0 radical (unpaired) electrons. The quantitative estimate of drug-likeness (QED) is 0.767. The van der Waals surface area contributed by atoms with Gasteiger partial charge in [0.1, 0.15) is 6.20 Å². The van der Waals surface area contributed by atoms with E-state index in [1.54, 1.807) is 12.1 Å². The fourth-order valence-corrected chi connectivity index (χ4v) is 1.16. The number of nitrogens with one attached hydrogen (secondary N) is 1. The molecule has 0 aliphatic heterocycles. The van der Waals surface area contributed by atoms with Crippen LogP contribution in [0.5, 0.6) is 0 Å². The maximum Gasteiger partial charge on any atom is 0.293 e. The second-order valence-electron chi connectivity index (χ2n) is 3.63. The molecule has 0 aliphatic rings. The van der Waals surface area contributed by atoms with E-state index in [4.69, 9.17) is 6.57 Å². The maximum absolute atomic E-state index is 11.4. The number of rotatable bonds is 3. The number of pyridine rings is 1. The van der Waals surface area contributed by atoms with E-state index >= 15 is 0 Å². The van der Waals surface area contributed by atoms with Crippen molar-refractivity contribution >= 4 is 17.4 Å². The van der Waals surface area contributed by atoms with Crippen molar-refractivity contribution in [2.24, 2.45) is 5.92 Å². The van der Waals surface area contributed by atoms with Crippen molar-refractivity contribution in [2.75, 3.05) is 5.32 Å². The van der Waals surface area contributed by atoms with Gasteiger partial charge in [0.05, 0.1) is 5.69 Å². The molecular weight excluding hydrogens is 190 g/mol. The summed E-state index contributed by atoms with van der Waals surface area (Å²) >= 11 is 0. The van der Waals surface area contributed by atoms with Crippen molar-refractivity contribution in [3.63, 3.8) is 0 Å². The predicted octanol–water partition coefficient (Wildman–Crippen LogP) is 2.62. The highest BCUT2D eigenvalue weighted by Crippen LogP contribution is 2.21. The van der Waals surface area contributed by atoms with Crippen LogP contribution in [0.4, 0.5) is 11.5 Å². The highest BCUT2D eigenvalue weighted by molar-refractivity contribution is 5.93. The monoisotopic (exact) mass is 203 g/mol. The van der Waals surface area contributed by atoms with Crippen LogP contribution in [0.1, 0.15) is 20.3 Å². The van der Waals surface area contributed by atoms with E-state index in [9.17, 15) is 4.79 Å². The Morgan fingerprint density at radius 2 is 2.40 bits per heavy atom. The van der Waals surface area contributed by atoms with E-state index in [2.05, 4.69) is 15.1 Å². The molecule has 0 fully saturated rings. The van der Waals surface area contributed by atoms with E-state index in [1.807, 2.05) is 13.8 Å². The number of nitrogens with zero attached hydrogens (tertiary/aromatic N) is 2. The molecule has 78 valence electrons. The van der Waals surface area contributed by atoms with Crippen molar-refractivity contribution in [1.29, 1.82) is 0 Å². The highest BCUT2D eigenvalue weighted by atomic mass is 16.1. The molecule has 15 heavy (non-hydrogen) atoms. The number of carbonyl (C=O) groups excluding carboxylic acids is 1. The minimum Gasteiger partial charge on any atom is -0.359 e. The number of hydrogen-bond acceptors (Lipinski definition) is 2. The van der Waals surface area contributed by atoms with Crippen molar-refractivity contribution in [3.05, 3.63) is 29.7 Å². The molecule has 1 aromatic rings. The fourth-order valence-electron chi connectivity index (χ4n) is 1.16. The number of hydrogen-bond donors (Lipinski definition) is 1. The molecule has 1 N–H and O–H groups in total. The summed E-state index contributed by atoms with van der Waals surface area (Å²) in [5.41, 5.74) is 0.484. The Balaban J connectivity index is 2.73. The van der Waals surface area contributed by atoms with E-state index in [-0.39, 0.29) is 11.7 Å². The van der Waals surface area contributed by atoms with Gasteiger partial charge in [0.25, 0.3) is 5.82 Å². The van der Waals surface area contributed by atoms with Gasteiger partial charge in [-0.1, -0.05) is 20.4 Å². The normalized spacial score (nSPS) is 9.73. The second-order valence-corrected chi connectivity index (χ2v) is 3.63. The van der Waals surface area contributed by atoms with Crippen LogP contribution >= 0.6 is 0 Å². The topological polar surface area (TPSA) is 46.4 Å². The summed E-state index contributed by atoms with van der Waals surface area (Å²) in [5, 5.41) is 2.68. The summed E-state index contributed by atoms with van der Waals surface area (Å²) in [7, 11) is 0. The van der Waals surface area contributed by atoms with Crippen LogP contribution in [0.2, 0.25) is 0 Å². The van der Waals surface area contributed by atoms with Gasteiger partial charge in [-0.3, -0.25) is 4.79 Å². The molecule has 1 heterocycles. The Kier molecular flexibility index (Phi) is 3.81. The third-order valence-corrected chi connectivity index (χ3v) is 1.76. The smallest absolute Gasteiger partial charge is 0.293 e. The summed E-state index contributed by atoms with van der Waals surface area (Å²) < 4.78 is 0. The van der Waals surface area contributed by atoms with Crippen molar-refractivity contribution in [1.82, 2.24) is 4.98 Å². The van der Waals surface area contributed by atoms with E-state index in [1.165, 1.54) is 6.20 Å². The predicted molar refractivity (Wildman–Crippen MR) is 58.6 cm³/mol. The minimum absolute atomic E-state index is 0.0806. The van der Waals surface area contributed by atoms with Crippen molar-refractivity contribution in [2.45, 2.75) is 20.3 Å². The van der Waals surface area contributed by atoms with Crippen LogP contribution in [0.25, 0.3) is 4.85 Å². The van der Waals surface area contributed by atoms with E-state index < -0.39 is 0 Å². The van der Waals surface area contributed by atoms with Crippen LogP contribution in [0.15, 0.2) is 18.3 Å². The molecule has 0 saturated carbocycles. The Hall–Kier alpha value is -1.89. The lowest BCUT2D eigenvalue weighted by Crippen LogP contribution is -2.13. The number of anilines is 1. The average Bonchev–Trinajstić information content (AvgIpc) is 2.17. The Morgan fingerprint density at radius 1 is 1.67 bits per heavy atom. The molecule has 0 unspecified atom stereocenters. The Morgan fingerprint density at radius 3 is 3.00 bits per heavy atom. The largest absolute Gasteiger partial charge is 0.359 e. The van der Waals surface area contributed by atoms with Crippen LogP contribution in [-0.2, 0) is 4.79 Å². The first kappa shape index (κ1) is 11.2. The number of amides is 1. The molecule has 0 bridgehead atoms. The van der Waals surface area contributed by atoms with Gasteiger partial charge in [-0.25, -0.2) is 0 Å². The van der Waals surface area contributed by atoms with Crippen LogP contribution < -0.4 is 5.32 Å². The molecule has 4 heteroatoms. The molecule has 4 nitrogen and oxygen atoms in total. The SMILES string of the molecule is [C-]#[N+]c1ncccc1NC(=O)CC(C)C. The average molecular weight is 203 g/mol. The second kappa shape index (κ2) is 5.11. The van der Waals surface area contributed by atoms with Gasteiger partial charge in [0.2, 0.25) is 5.91 Å². The fraction of sp³-hybridized carbons (Fsp3) is 0.364. The molecule has 0 saturated heterocycles. The van der Waals surface area contributed by atoms with Gasteiger partial charge < -0.3 is 10.2 Å². The van der Waals surface area contributed by atoms with Gasteiger partial charge in [-0.05, 0) is 18.1 Å². The maximum atomic E-state index is 11.4. The standard InChI is InChI=1S/C11H13N3O/c1-8(2)7-10(15)14-9-5-4-6-13-11(9)12-3/h4-6,8H,7H2,1-2H3,(H,14,15). The van der Waals surface area contributed by atoms with Gasteiger partial charge in [0.15, 0.2) is 0 Å². The Labute approximate surface area is 89.2 Å². The molecule has 1 amide bonds. The van der Waals surface area contributed by atoms with Gasteiger partial charge >= 0.3 is 0 Å². The zero-order valence-corrected chi connectivity index (χ0v) is 8.82. The van der Waals surface area contributed by atoms with Crippen molar-refractivity contribution < 1.29 is 4.79 Å². The third-order valence-electron chi connectivity index (χ3n) is 1.76. The number of aromatic nitrogens is 1. The first-order valence-corrected chi connectivity index (χ1v) is 4.75. The van der Waals surface area contributed by atoms with Crippen molar-refractivity contribution in [3.8, 4) is 0 Å². The highest BCUT2D eigenvalue weighted by Gasteiger charge is 2.08.